The van der Waals surface area contributed by atoms with Crippen molar-refractivity contribution in [1.29, 1.82) is 0 Å². The second kappa shape index (κ2) is 3.70. The van der Waals surface area contributed by atoms with Crippen LogP contribution in [0.25, 0.3) is 11.2 Å². The maximum Gasteiger partial charge on any atom is 0.330 e. The lowest BCUT2D eigenvalue weighted by Gasteiger charge is -2.23. The van der Waals surface area contributed by atoms with Crippen molar-refractivity contribution in [2.24, 2.45) is 14.1 Å². The molecule has 0 aromatic carbocycles. The molecule has 0 aliphatic heterocycles. The minimum atomic E-state index is -0.429. The molecular formula is C8H14B4N4O2. The number of imidazole rings is 1. The van der Waals surface area contributed by atoms with E-state index in [9.17, 15) is 9.59 Å². The van der Waals surface area contributed by atoms with Crippen molar-refractivity contribution in [2.75, 3.05) is 0 Å². The number of aryl methyl sites for hydroxylation is 1. The molecule has 18 heavy (non-hydrogen) atoms. The summed E-state index contributed by atoms with van der Waals surface area (Å²) >= 11 is 0. The topological polar surface area (TPSA) is 61.8 Å². The van der Waals surface area contributed by atoms with Crippen molar-refractivity contribution in [3.05, 3.63) is 20.8 Å². The van der Waals surface area contributed by atoms with Gasteiger partial charge in [0, 0.05) is 14.1 Å². The lowest BCUT2D eigenvalue weighted by Crippen LogP contribution is -2.49. The predicted molar refractivity (Wildman–Crippen MR) is 82.0 cm³/mol. The fraction of sp³-hybridized carbons (Fsp3) is 0.375. The Kier molecular flexibility index (Phi) is 2.64. The van der Waals surface area contributed by atoms with Gasteiger partial charge in [0.1, 0.15) is 23.5 Å². The van der Waals surface area contributed by atoms with Crippen molar-refractivity contribution in [3.63, 3.8) is 0 Å². The van der Waals surface area contributed by atoms with E-state index in [1.165, 1.54) is 7.05 Å². The van der Waals surface area contributed by atoms with E-state index < -0.39 is 5.24 Å². The monoisotopic (exact) mass is 242 g/mol. The average molecular weight is 241 g/mol. The standard InChI is InChI=1S/C8H14B4N4O2/c1-14-3-4(13-6(14)9)16(8(10,11)12)7(18)15(2)5(3)17/h9-12H2,1-2H3. The van der Waals surface area contributed by atoms with Crippen LogP contribution in [0.2, 0.25) is 0 Å². The highest BCUT2D eigenvalue weighted by atomic mass is 16.2. The maximum atomic E-state index is 12.2. The molecule has 0 bridgehead atoms. The SMILES string of the molecule is Bc1nc2c(c(=O)n(C)c(=O)n2C(B)(B)B)n1C. The van der Waals surface area contributed by atoms with E-state index in [1.54, 1.807) is 16.2 Å². The largest absolute Gasteiger partial charge is 0.334 e. The third-order valence-corrected chi connectivity index (χ3v) is 3.17. The highest BCUT2D eigenvalue weighted by Gasteiger charge is 2.24. The molecule has 2 rings (SSSR count). The van der Waals surface area contributed by atoms with E-state index in [-0.39, 0.29) is 11.2 Å². The summed E-state index contributed by atoms with van der Waals surface area (Å²) in [4.78, 5) is 28.8. The zero-order valence-corrected chi connectivity index (χ0v) is 11.6. The van der Waals surface area contributed by atoms with Gasteiger partial charge in [-0.2, -0.15) is 0 Å². The molecule has 0 unspecified atom stereocenters. The van der Waals surface area contributed by atoms with E-state index >= 15 is 0 Å². The van der Waals surface area contributed by atoms with E-state index in [1.807, 2.05) is 31.4 Å². The molecule has 0 aliphatic rings. The first-order valence-corrected chi connectivity index (χ1v) is 5.82. The summed E-state index contributed by atoms with van der Waals surface area (Å²) in [7, 11) is 10.8. The molecule has 2 aromatic rings. The van der Waals surface area contributed by atoms with E-state index in [4.69, 9.17) is 0 Å². The molecule has 90 valence electrons. The summed E-state index contributed by atoms with van der Waals surface area (Å²) in [5.41, 5.74) is 0.988. The van der Waals surface area contributed by atoms with Crippen LogP contribution in [-0.2, 0) is 19.3 Å². The van der Waals surface area contributed by atoms with Gasteiger partial charge in [0.25, 0.3) is 5.56 Å². The molecule has 0 spiro atoms. The Morgan fingerprint density at radius 2 is 1.67 bits per heavy atom. The van der Waals surface area contributed by atoms with Crippen LogP contribution >= 0.6 is 0 Å². The Morgan fingerprint density at radius 1 is 1.11 bits per heavy atom. The molecule has 6 nitrogen and oxygen atoms in total. The van der Waals surface area contributed by atoms with Gasteiger partial charge in [-0.1, -0.05) is 0 Å². The molecule has 2 heterocycles. The van der Waals surface area contributed by atoms with Crippen molar-refractivity contribution in [3.8, 4) is 0 Å². The van der Waals surface area contributed by atoms with Crippen LogP contribution in [0.3, 0.4) is 0 Å². The maximum absolute atomic E-state index is 12.2. The normalized spacial score (nSPS) is 12.1. The Labute approximate surface area is 108 Å². The van der Waals surface area contributed by atoms with Crippen molar-refractivity contribution in [1.82, 2.24) is 18.7 Å². The van der Waals surface area contributed by atoms with Crippen LogP contribution < -0.4 is 17.0 Å². The molecule has 0 saturated heterocycles. The lowest BCUT2D eigenvalue weighted by atomic mass is 9.49. The Balaban J connectivity index is 3.18. The third-order valence-electron chi connectivity index (χ3n) is 3.17. The fourth-order valence-electron chi connectivity index (χ4n) is 2.08. The van der Waals surface area contributed by atoms with Gasteiger partial charge in [-0.25, -0.2) is 9.78 Å². The Hall–Kier alpha value is -1.59. The Bertz CT molecular complexity index is 752. The quantitative estimate of drug-likeness (QED) is 0.467. The first-order valence-electron chi connectivity index (χ1n) is 5.82. The van der Waals surface area contributed by atoms with Gasteiger partial charge in [0.15, 0.2) is 19.0 Å². The van der Waals surface area contributed by atoms with Crippen LogP contribution in [0.4, 0.5) is 0 Å². The molecule has 0 radical (unpaired) electrons. The summed E-state index contributed by atoms with van der Waals surface area (Å²) in [5, 5.41) is -0.429. The molecule has 0 N–H and O–H groups in total. The first-order chi connectivity index (χ1) is 8.16. The number of fused-ring (bicyclic) bond motifs is 1. The second-order valence-electron chi connectivity index (χ2n) is 5.54. The van der Waals surface area contributed by atoms with Crippen LogP contribution in [-0.4, -0.2) is 50.1 Å². The second-order valence-corrected chi connectivity index (χ2v) is 5.54. The van der Waals surface area contributed by atoms with Crippen molar-refractivity contribution in [2.45, 2.75) is 5.24 Å². The van der Waals surface area contributed by atoms with Gasteiger partial charge in [-0.05, 0) is 5.24 Å². The van der Waals surface area contributed by atoms with Crippen LogP contribution in [0.5, 0.6) is 0 Å². The number of hydrogen-bond acceptors (Lipinski definition) is 3. The highest BCUT2D eigenvalue weighted by Crippen LogP contribution is 2.08. The molecule has 0 aliphatic carbocycles. The lowest BCUT2D eigenvalue weighted by molar-refractivity contribution is 0.657. The van der Waals surface area contributed by atoms with Gasteiger partial charge < -0.3 is 4.57 Å². The molecule has 0 fully saturated rings. The zero-order valence-electron chi connectivity index (χ0n) is 11.6. The minimum Gasteiger partial charge on any atom is -0.334 e. The van der Waals surface area contributed by atoms with Gasteiger partial charge in [0.05, 0.1) is 5.72 Å². The molecular weight excluding hydrogens is 227 g/mol. The highest BCUT2D eigenvalue weighted by molar-refractivity contribution is 6.56. The average Bonchev–Trinajstić information content (AvgIpc) is 2.50. The van der Waals surface area contributed by atoms with E-state index in [0.717, 1.165) is 4.57 Å². The smallest absolute Gasteiger partial charge is 0.330 e. The van der Waals surface area contributed by atoms with Gasteiger partial charge in [-0.3, -0.25) is 13.9 Å². The molecule has 0 amide bonds. The van der Waals surface area contributed by atoms with Gasteiger partial charge in [0.2, 0.25) is 0 Å². The van der Waals surface area contributed by atoms with E-state index in [0.29, 0.717) is 16.9 Å². The predicted octanol–water partition coefficient (Wildman–Crippen LogP) is -5.84. The Morgan fingerprint density at radius 3 is 2.17 bits per heavy atom. The van der Waals surface area contributed by atoms with Crippen molar-refractivity contribution < 1.29 is 0 Å². The fourth-order valence-corrected chi connectivity index (χ4v) is 2.08. The van der Waals surface area contributed by atoms with E-state index in [2.05, 4.69) is 4.98 Å². The zero-order chi connectivity index (χ0) is 13.8. The first kappa shape index (κ1) is 12.9. The summed E-state index contributed by atoms with van der Waals surface area (Å²) in [6.45, 7) is 0. The van der Waals surface area contributed by atoms with Gasteiger partial charge >= 0.3 is 5.69 Å². The van der Waals surface area contributed by atoms with Crippen molar-refractivity contribution >= 4 is 48.3 Å². The number of aromatic nitrogens is 4. The van der Waals surface area contributed by atoms with Gasteiger partial charge in [-0.15, -0.1) is 0 Å². The molecule has 0 atom stereocenters. The summed E-state index contributed by atoms with van der Waals surface area (Å²) in [5.74, 6) is 0. The van der Waals surface area contributed by atoms with Crippen LogP contribution in [0.15, 0.2) is 9.59 Å². The molecule has 0 saturated carbocycles. The molecule has 2 aromatic heterocycles. The minimum absolute atomic E-state index is 0.307. The molecule has 10 heteroatoms. The number of hydrogen-bond donors (Lipinski definition) is 0. The number of rotatable bonds is 1. The summed E-state index contributed by atoms with van der Waals surface area (Å²) < 4.78 is 4.42. The number of nitrogens with zero attached hydrogens (tertiary/aromatic N) is 4. The van der Waals surface area contributed by atoms with Crippen LogP contribution in [0.1, 0.15) is 0 Å². The summed E-state index contributed by atoms with van der Waals surface area (Å²) in [6, 6.07) is 0. The summed E-state index contributed by atoms with van der Waals surface area (Å²) in [6.07, 6.45) is 0. The van der Waals surface area contributed by atoms with Crippen LogP contribution in [0, 0.1) is 0 Å². The third kappa shape index (κ3) is 1.59.